The van der Waals surface area contributed by atoms with Crippen molar-refractivity contribution in [3.05, 3.63) is 72.8 Å². The number of aromatic nitrogens is 2. The number of imidazole rings is 1. The van der Waals surface area contributed by atoms with Crippen LogP contribution in [0.2, 0.25) is 0 Å². The van der Waals surface area contributed by atoms with Crippen LogP contribution in [0, 0.1) is 0 Å². The average molecular weight is 378 g/mol. The minimum Gasteiger partial charge on any atom is -0.492 e. The number of amides is 2. The second-order valence-electron chi connectivity index (χ2n) is 6.06. The van der Waals surface area contributed by atoms with Crippen molar-refractivity contribution in [3.8, 4) is 5.75 Å². The molecule has 0 saturated carbocycles. The fraction of sp³-hybridized carbons (Fsp3) is 0.190. The number of nitrogens with one attached hydrogen (secondary N) is 2. The molecule has 7 heteroatoms. The smallest absolute Gasteiger partial charge is 0.255 e. The maximum atomic E-state index is 12.6. The summed E-state index contributed by atoms with van der Waals surface area (Å²) in [5.74, 6) is 0.205. The second kappa shape index (κ2) is 9.36. The molecule has 0 atom stereocenters. The van der Waals surface area contributed by atoms with Crippen molar-refractivity contribution in [3.63, 3.8) is 0 Å². The molecule has 0 aliphatic carbocycles. The van der Waals surface area contributed by atoms with Crippen LogP contribution in [0.3, 0.4) is 0 Å². The van der Waals surface area contributed by atoms with Crippen molar-refractivity contribution >= 4 is 23.2 Å². The molecular weight excluding hydrogens is 356 g/mol. The van der Waals surface area contributed by atoms with Crippen molar-refractivity contribution in [1.29, 1.82) is 0 Å². The van der Waals surface area contributed by atoms with Crippen LogP contribution in [0.5, 0.6) is 5.75 Å². The molecule has 0 fully saturated rings. The van der Waals surface area contributed by atoms with Crippen LogP contribution in [0.1, 0.15) is 23.7 Å². The monoisotopic (exact) mass is 378 g/mol. The molecule has 7 nitrogen and oxygen atoms in total. The summed E-state index contributed by atoms with van der Waals surface area (Å²) in [6.45, 7) is 2.94. The molecule has 3 aromatic rings. The van der Waals surface area contributed by atoms with Gasteiger partial charge in [-0.3, -0.25) is 9.59 Å². The van der Waals surface area contributed by atoms with Crippen molar-refractivity contribution in [1.82, 2.24) is 9.55 Å². The quantitative estimate of drug-likeness (QED) is 0.628. The Morgan fingerprint density at radius 1 is 1.11 bits per heavy atom. The average Bonchev–Trinajstić information content (AvgIpc) is 3.22. The third kappa shape index (κ3) is 5.20. The summed E-state index contributed by atoms with van der Waals surface area (Å²) in [6.07, 6.45) is 5.45. The molecule has 1 aromatic heterocycles. The Morgan fingerprint density at radius 3 is 2.75 bits per heavy atom. The number of aryl methyl sites for hydroxylation is 1. The molecule has 0 saturated heterocycles. The third-order valence-corrected chi connectivity index (χ3v) is 4.00. The second-order valence-corrected chi connectivity index (χ2v) is 6.06. The Balaban J connectivity index is 1.62. The number of hydrogen-bond acceptors (Lipinski definition) is 4. The summed E-state index contributed by atoms with van der Waals surface area (Å²) in [5, 5.41) is 5.67. The van der Waals surface area contributed by atoms with Gasteiger partial charge in [-0.2, -0.15) is 0 Å². The first-order valence-electron chi connectivity index (χ1n) is 9.04. The van der Waals surface area contributed by atoms with Gasteiger partial charge < -0.3 is 19.9 Å². The fourth-order valence-electron chi connectivity index (χ4n) is 2.66. The summed E-state index contributed by atoms with van der Waals surface area (Å²) in [7, 11) is 0. The first-order chi connectivity index (χ1) is 13.7. The lowest BCUT2D eigenvalue weighted by molar-refractivity contribution is -0.116. The minimum absolute atomic E-state index is 0.132. The maximum Gasteiger partial charge on any atom is 0.255 e. The predicted octanol–water partition coefficient (Wildman–Crippen LogP) is 3.56. The van der Waals surface area contributed by atoms with Gasteiger partial charge in [0.1, 0.15) is 5.75 Å². The Morgan fingerprint density at radius 2 is 1.96 bits per heavy atom. The van der Waals surface area contributed by atoms with E-state index in [9.17, 15) is 9.59 Å². The number of para-hydroxylation sites is 2. The highest BCUT2D eigenvalue weighted by atomic mass is 16.5. The van der Waals surface area contributed by atoms with Gasteiger partial charge in [0.25, 0.3) is 5.91 Å². The van der Waals surface area contributed by atoms with Gasteiger partial charge >= 0.3 is 0 Å². The van der Waals surface area contributed by atoms with Crippen LogP contribution < -0.4 is 15.4 Å². The highest BCUT2D eigenvalue weighted by molar-refractivity contribution is 6.06. The van der Waals surface area contributed by atoms with E-state index in [4.69, 9.17) is 4.74 Å². The zero-order valence-electron chi connectivity index (χ0n) is 15.6. The van der Waals surface area contributed by atoms with Gasteiger partial charge in [-0.05, 0) is 37.3 Å². The lowest BCUT2D eigenvalue weighted by Crippen LogP contribution is -2.16. The zero-order chi connectivity index (χ0) is 19.8. The zero-order valence-corrected chi connectivity index (χ0v) is 15.6. The summed E-state index contributed by atoms with van der Waals surface area (Å²) in [4.78, 5) is 28.7. The van der Waals surface area contributed by atoms with Crippen LogP contribution in [-0.2, 0) is 11.3 Å². The highest BCUT2D eigenvalue weighted by Crippen LogP contribution is 2.24. The molecule has 2 N–H and O–H groups in total. The minimum atomic E-state index is -0.276. The standard InChI is InChI=1S/C21H22N4O3/c1-2-28-19-9-4-3-8-18(19)24-21(27)16-6-5-7-17(14-16)23-20(26)10-12-25-13-11-22-15-25/h3-9,11,13-15H,2,10,12H2,1H3,(H,23,26)(H,24,27). The van der Waals surface area contributed by atoms with Gasteiger partial charge in [-0.1, -0.05) is 18.2 Å². The summed E-state index contributed by atoms with van der Waals surface area (Å²) in [6, 6.07) is 14.1. The summed E-state index contributed by atoms with van der Waals surface area (Å²) in [5.41, 5.74) is 1.62. The van der Waals surface area contributed by atoms with Gasteiger partial charge in [-0.25, -0.2) is 4.98 Å². The SMILES string of the molecule is CCOc1ccccc1NC(=O)c1cccc(NC(=O)CCn2ccnc2)c1. The number of rotatable bonds is 8. The molecule has 0 aliphatic heterocycles. The summed E-state index contributed by atoms with van der Waals surface area (Å²) < 4.78 is 7.36. The Kier molecular flexibility index (Phi) is 6.41. The molecule has 2 amide bonds. The molecule has 0 spiro atoms. The van der Waals surface area contributed by atoms with E-state index in [1.54, 1.807) is 55.1 Å². The van der Waals surface area contributed by atoms with E-state index in [1.807, 2.05) is 23.6 Å². The number of anilines is 2. The van der Waals surface area contributed by atoms with E-state index in [2.05, 4.69) is 15.6 Å². The lowest BCUT2D eigenvalue weighted by atomic mass is 10.1. The van der Waals surface area contributed by atoms with E-state index < -0.39 is 0 Å². The molecule has 2 aromatic carbocycles. The normalized spacial score (nSPS) is 10.3. The molecule has 3 rings (SSSR count). The lowest BCUT2D eigenvalue weighted by Gasteiger charge is -2.12. The van der Waals surface area contributed by atoms with E-state index in [0.717, 1.165) is 0 Å². The van der Waals surface area contributed by atoms with E-state index >= 15 is 0 Å². The van der Waals surface area contributed by atoms with Crippen LogP contribution in [0.4, 0.5) is 11.4 Å². The van der Waals surface area contributed by atoms with Crippen molar-refractivity contribution in [2.24, 2.45) is 0 Å². The Hall–Kier alpha value is -3.61. The van der Waals surface area contributed by atoms with Gasteiger partial charge in [0.15, 0.2) is 0 Å². The van der Waals surface area contributed by atoms with Crippen LogP contribution in [-0.4, -0.2) is 28.0 Å². The number of benzene rings is 2. The van der Waals surface area contributed by atoms with Crippen molar-refractivity contribution in [2.45, 2.75) is 19.9 Å². The predicted molar refractivity (Wildman–Crippen MR) is 107 cm³/mol. The third-order valence-electron chi connectivity index (χ3n) is 4.00. The van der Waals surface area contributed by atoms with Crippen LogP contribution in [0.15, 0.2) is 67.3 Å². The molecular formula is C21H22N4O3. The molecule has 28 heavy (non-hydrogen) atoms. The van der Waals surface area contributed by atoms with Crippen molar-refractivity contribution in [2.75, 3.05) is 17.2 Å². The molecule has 0 aliphatic rings. The molecule has 144 valence electrons. The topological polar surface area (TPSA) is 85.3 Å². The Bertz CT molecular complexity index is 938. The number of nitrogens with zero attached hydrogens (tertiary/aromatic N) is 2. The van der Waals surface area contributed by atoms with Gasteiger partial charge in [0.2, 0.25) is 5.91 Å². The van der Waals surface area contributed by atoms with E-state index in [1.165, 1.54) is 0 Å². The van der Waals surface area contributed by atoms with Gasteiger partial charge in [0.05, 0.1) is 18.6 Å². The molecule has 1 heterocycles. The first-order valence-corrected chi connectivity index (χ1v) is 9.04. The maximum absolute atomic E-state index is 12.6. The number of ether oxygens (including phenoxy) is 1. The fourth-order valence-corrected chi connectivity index (χ4v) is 2.66. The van der Waals surface area contributed by atoms with E-state index in [-0.39, 0.29) is 11.8 Å². The van der Waals surface area contributed by atoms with E-state index in [0.29, 0.717) is 42.3 Å². The molecule has 0 unspecified atom stereocenters. The molecule has 0 bridgehead atoms. The van der Waals surface area contributed by atoms with Gasteiger partial charge in [-0.15, -0.1) is 0 Å². The largest absolute Gasteiger partial charge is 0.492 e. The van der Waals surface area contributed by atoms with Crippen molar-refractivity contribution < 1.29 is 14.3 Å². The molecule has 0 radical (unpaired) electrons. The highest BCUT2D eigenvalue weighted by Gasteiger charge is 2.11. The Labute approximate surface area is 163 Å². The first kappa shape index (κ1) is 19.2. The number of carbonyl (C=O) groups excluding carboxylic acids is 2. The summed E-state index contributed by atoms with van der Waals surface area (Å²) >= 11 is 0. The number of carbonyl (C=O) groups is 2. The van der Waals surface area contributed by atoms with Gasteiger partial charge in [0, 0.05) is 36.6 Å². The van der Waals surface area contributed by atoms with Crippen LogP contribution >= 0.6 is 0 Å². The van der Waals surface area contributed by atoms with Crippen LogP contribution in [0.25, 0.3) is 0 Å². The number of hydrogen-bond donors (Lipinski definition) is 2.